The molecular formula is C14H18F3NO2S. The number of nitrogens with one attached hydrogen (secondary N) is 1. The first-order valence-corrected chi connectivity index (χ1v) is 7.55. The Labute approximate surface area is 125 Å². The van der Waals surface area contributed by atoms with Crippen molar-refractivity contribution in [3.8, 4) is 0 Å². The minimum Gasteiger partial charge on any atom is -0.396 e. The Morgan fingerprint density at radius 2 is 2.14 bits per heavy atom. The van der Waals surface area contributed by atoms with Gasteiger partial charge >= 0.3 is 6.18 Å². The van der Waals surface area contributed by atoms with E-state index < -0.39 is 11.7 Å². The molecule has 0 aliphatic rings. The monoisotopic (exact) mass is 321 g/mol. The molecule has 1 amide bonds. The first-order chi connectivity index (χ1) is 9.86. The zero-order chi connectivity index (χ0) is 15.9. The van der Waals surface area contributed by atoms with Crippen LogP contribution >= 0.6 is 11.8 Å². The van der Waals surface area contributed by atoms with Crippen LogP contribution in [0.15, 0.2) is 29.2 Å². The van der Waals surface area contributed by atoms with Crippen molar-refractivity contribution in [2.45, 2.75) is 36.9 Å². The van der Waals surface area contributed by atoms with E-state index in [2.05, 4.69) is 5.32 Å². The number of carbonyl (C=O) groups excluding carboxylic acids is 1. The van der Waals surface area contributed by atoms with E-state index in [1.807, 2.05) is 6.92 Å². The fourth-order valence-corrected chi connectivity index (χ4v) is 2.48. The summed E-state index contributed by atoms with van der Waals surface area (Å²) >= 11 is 1.05. The molecule has 0 saturated carbocycles. The minimum absolute atomic E-state index is 0.0143. The highest BCUT2D eigenvalue weighted by Crippen LogP contribution is 2.31. The van der Waals surface area contributed by atoms with E-state index in [0.717, 1.165) is 23.9 Å². The van der Waals surface area contributed by atoms with Crippen LogP contribution in [0.3, 0.4) is 0 Å². The average molecular weight is 321 g/mol. The van der Waals surface area contributed by atoms with Crippen LogP contribution in [0.1, 0.15) is 25.3 Å². The third-order valence-corrected chi connectivity index (χ3v) is 3.86. The third kappa shape index (κ3) is 6.39. The molecule has 2 N–H and O–H groups in total. The summed E-state index contributed by atoms with van der Waals surface area (Å²) < 4.78 is 37.7. The summed E-state index contributed by atoms with van der Waals surface area (Å²) in [5.41, 5.74) is -0.723. The summed E-state index contributed by atoms with van der Waals surface area (Å²) in [5.74, 6) is -0.207. The van der Waals surface area contributed by atoms with Crippen molar-refractivity contribution in [2.75, 3.05) is 12.4 Å². The van der Waals surface area contributed by atoms with Gasteiger partial charge in [0.1, 0.15) is 0 Å². The quantitative estimate of drug-likeness (QED) is 0.759. The fraction of sp³-hybridized carbons (Fsp3) is 0.500. The molecule has 0 spiro atoms. The molecular weight excluding hydrogens is 303 g/mol. The third-order valence-electron chi connectivity index (χ3n) is 2.87. The van der Waals surface area contributed by atoms with Crippen LogP contribution in [0.2, 0.25) is 0 Å². The Kier molecular flexibility index (Phi) is 7.04. The van der Waals surface area contributed by atoms with E-state index in [-0.39, 0.29) is 24.3 Å². The number of halogens is 3. The van der Waals surface area contributed by atoms with Crippen molar-refractivity contribution < 1.29 is 23.1 Å². The van der Waals surface area contributed by atoms with Gasteiger partial charge in [-0.3, -0.25) is 4.79 Å². The first-order valence-electron chi connectivity index (χ1n) is 6.57. The van der Waals surface area contributed by atoms with Gasteiger partial charge in [-0.2, -0.15) is 13.2 Å². The molecule has 118 valence electrons. The van der Waals surface area contributed by atoms with Gasteiger partial charge in [0.2, 0.25) is 5.91 Å². The predicted octanol–water partition coefficient (Wildman–Crippen LogP) is 3.07. The van der Waals surface area contributed by atoms with E-state index in [1.54, 1.807) is 0 Å². The van der Waals surface area contributed by atoms with E-state index in [1.165, 1.54) is 12.1 Å². The SMILES string of the molecule is CCC(CCO)NC(=O)CSc1cccc(C(F)(F)F)c1. The van der Waals surface area contributed by atoms with Gasteiger partial charge in [-0.15, -0.1) is 11.8 Å². The molecule has 0 aliphatic carbocycles. The molecule has 0 radical (unpaired) electrons. The summed E-state index contributed by atoms with van der Waals surface area (Å²) in [6.45, 7) is 1.88. The lowest BCUT2D eigenvalue weighted by Gasteiger charge is -2.15. The maximum absolute atomic E-state index is 12.6. The normalized spacial score (nSPS) is 13.0. The van der Waals surface area contributed by atoms with Gasteiger partial charge in [-0.05, 0) is 31.0 Å². The molecule has 1 aromatic carbocycles. The Morgan fingerprint density at radius 3 is 2.71 bits per heavy atom. The number of thioether (sulfide) groups is 1. The maximum atomic E-state index is 12.6. The lowest BCUT2D eigenvalue weighted by molar-refractivity contribution is -0.137. The largest absolute Gasteiger partial charge is 0.416 e. The van der Waals surface area contributed by atoms with Gasteiger partial charge in [0.25, 0.3) is 0 Å². The van der Waals surface area contributed by atoms with Gasteiger partial charge in [0, 0.05) is 17.5 Å². The number of aliphatic hydroxyl groups is 1. The number of carbonyl (C=O) groups is 1. The highest BCUT2D eigenvalue weighted by atomic mass is 32.2. The molecule has 1 rings (SSSR count). The lowest BCUT2D eigenvalue weighted by atomic mass is 10.1. The summed E-state index contributed by atoms with van der Waals surface area (Å²) in [6.07, 6.45) is -3.22. The van der Waals surface area contributed by atoms with E-state index in [0.29, 0.717) is 17.7 Å². The molecule has 0 saturated heterocycles. The van der Waals surface area contributed by atoms with Crippen molar-refractivity contribution in [1.29, 1.82) is 0 Å². The summed E-state index contributed by atoms with van der Waals surface area (Å²) in [4.78, 5) is 12.1. The summed E-state index contributed by atoms with van der Waals surface area (Å²) in [7, 11) is 0. The number of amides is 1. The molecule has 0 heterocycles. The van der Waals surface area contributed by atoms with Crippen molar-refractivity contribution in [1.82, 2.24) is 5.32 Å². The molecule has 1 aromatic rings. The van der Waals surface area contributed by atoms with Crippen LogP contribution in [0.4, 0.5) is 13.2 Å². The van der Waals surface area contributed by atoms with Crippen molar-refractivity contribution >= 4 is 17.7 Å². The van der Waals surface area contributed by atoms with E-state index >= 15 is 0 Å². The van der Waals surface area contributed by atoms with Crippen molar-refractivity contribution in [2.24, 2.45) is 0 Å². The number of aliphatic hydroxyl groups excluding tert-OH is 1. The molecule has 21 heavy (non-hydrogen) atoms. The van der Waals surface area contributed by atoms with Gasteiger partial charge in [-0.1, -0.05) is 13.0 Å². The molecule has 1 atom stereocenters. The standard InChI is InChI=1S/C14H18F3NO2S/c1-2-11(6-7-19)18-13(20)9-21-12-5-3-4-10(8-12)14(15,16)17/h3-5,8,11,19H,2,6-7,9H2,1H3,(H,18,20). The number of benzene rings is 1. The Hall–Kier alpha value is -1.21. The fourth-order valence-electron chi connectivity index (χ4n) is 1.71. The molecule has 1 unspecified atom stereocenters. The molecule has 0 bridgehead atoms. The second-order valence-corrected chi connectivity index (χ2v) is 5.55. The lowest BCUT2D eigenvalue weighted by Crippen LogP contribution is -2.36. The second kappa shape index (κ2) is 8.29. The van der Waals surface area contributed by atoms with Gasteiger partial charge < -0.3 is 10.4 Å². The smallest absolute Gasteiger partial charge is 0.396 e. The van der Waals surface area contributed by atoms with E-state index in [9.17, 15) is 18.0 Å². The second-order valence-electron chi connectivity index (χ2n) is 4.50. The topological polar surface area (TPSA) is 49.3 Å². The van der Waals surface area contributed by atoms with Crippen LogP contribution in [-0.2, 0) is 11.0 Å². The summed E-state index contributed by atoms with van der Waals surface area (Å²) in [6, 6.07) is 4.79. The molecule has 0 aromatic heterocycles. The predicted molar refractivity (Wildman–Crippen MR) is 76.1 cm³/mol. The Balaban J connectivity index is 2.53. The zero-order valence-corrected chi connectivity index (χ0v) is 12.4. The van der Waals surface area contributed by atoms with Crippen LogP contribution in [0.5, 0.6) is 0 Å². The van der Waals surface area contributed by atoms with Crippen molar-refractivity contribution in [3.63, 3.8) is 0 Å². The Bertz CT molecular complexity index is 466. The molecule has 3 nitrogen and oxygen atoms in total. The number of hydrogen-bond acceptors (Lipinski definition) is 3. The molecule has 0 fully saturated rings. The summed E-state index contributed by atoms with van der Waals surface area (Å²) in [5, 5.41) is 11.6. The number of hydrogen-bond donors (Lipinski definition) is 2. The van der Waals surface area contributed by atoms with Gasteiger partial charge in [-0.25, -0.2) is 0 Å². The average Bonchev–Trinajstić information content (AvgIpc) is 2.44. The molecule has 0 aliphatic heterocycles. The highest BCUT2D eigenvalue weighted by Gasteiger charge is 2.30. The van der Waals surface area contributed by atoms with Gasteiger partial charge in [0.05, 0.1) is 11.3 Å². The van der Waals surface area contributed by atoms with Crippen LogP contribution in [0, 0.1) is 0 Å². The van der Waals surface area contributed by atoms with Gasteiger partial charge in [0.15, 0.2) is 0 Å². The van der Waals surface area contributed by atoms with Crippen molar-refractivity contribution in [3.05, 3.63) is 29.8 Å². The number of rotatable bonds is 7. The zero-order valence-electron chi connectivity index (χ0n) is 11.6. The van der Waals surface area contributed by atoms with Crippen LogP contribution in [-0.4, -0.2) is 29.4 Å². The minimum atomic E-state index is -4.38. The van der Waals surface area contributed by atoms with Crippen LogP contribution in [0.25, 0.3) is 0 Å². The Morgan fingerprint density at radius 1 is 1.43 bits per heavy atom. The van der Waals surface area contributed by atoms with Crippen LogP contribution < -0.4 is 5.32 Å². The molecule has 7 heteroatoms. The first kappa shape index (κ1) is 17.8. The van der Waals surface area contributed by atoms with E-state index in [4.69, 9.17) is 5.11 Å². The highest BCUT2D eigenvalue weighted by molar-refractivity contribution is 8.00. The number of alkyl halides is 3. The maximum Gasteiger partial charge on any atom is 0.416 e.